The predicted molar refractivity (Wildman–Crippen MR) is 54.4 cm³/mol. The van der Waals surface area contributed by atoms with Gasteiger partial charge in [0, 0.05) is 6.61 Å². The van der Waals surface area contributed by atoms with Crippen molar-refractivity contribution in [1.29, 1.82) is 0 Å². The van der Waals surface area contributed by atoms with Crippen molar-refractivity contribution >= 4 is 0 Å². The minimum absolute atomic E-state index is 0.556. The zero-order chi connectivity index (χ0) is 9.94. The van der Waals surface area contributed by atoms with Crippen LogP contribution in [0.3, 0.4) is 0 Å². The average molecular weight is 189 g/mol. The van der Waals surface area contributed by atoms with Crippen LogP contribution in [0, 0.1) is 0 Å². The number of nitrogens with two attached hydrogens (primary N) is 1. The van der Waals surface area contributed by atoms with Crippen LogP contribution >= 0.6 is 0 Å². The van der Waals surface area contributed by atoms with E-state index in [0.29, 0.717) is 6.61 Å². The number of hydrogen-bond donors (Lipinski definition) is 2. The van der Waals surface area contributed by atoms with Crippen molar-refractivity contribution in [2.45, 2.75) is 51.7 Å². The van der Waals surface area contributed by atoms with E-state index < -0.39 is 6.29 Å². The van der Waals surface area contributed by atoms with Gasteiger partial charge < -0.3 is 15.6 Å². The molecule has 0 saturated carbocycles. The summed E-state index contributed by atoms with van der Waals surface area (Å²) in [4.78, 5) is 0. The molecule has 0 fully saturated rings. The second-order valence-electron chi connectivity index (χ2n) is 3.26. The predicted octanol–water partition coefficient (Wildman–Crippen LogP) is 1.64. The SMILES string of the molecule is CCOC(O)CCCCCCCN. The van der Waals surface area contributed by atoms with Gasteiger partial charge in [-0.15, -0.1) is 0 Å². The maximum atomic E-state index is 9.21. The van der Waals surface area contributed by atoms with Gasteiger partial charge in [-0.25, -0.2) is 0 Å². The maximum absolute atomic E-state index is 9.21. The first-order chi connectivity index (χ1) is 6.31. The molecular formula is C10H23NO2. The number of hydrogen-bond acceptors (Lipinski definition) is 3. The standard InChI is InChI=1S/C10H23NO2/c1-2-13-10(12)8-6-4-3-5-7-9-11/h10,12H,2-9,11H2,1H3. The van der Waals surface area contributed by atoms with Crippen LogP contribution in [0.4, 0.5) is 0 Å². The number of rotatable bonds is 9. The van der Waals surface area contributed by atoms with Crippen LogP contribution in [0.25, 0.3) is 0 Å². The topological polar surface area (TPSA) is 55.5 Å². The largest absolute Gasteiger partial charge is 0.368 e. The van der Waals surface area contributed by atoms with E-state index in [-0.39, 0.29) is 0 Å². The highest BCUT2D eigenvalue weighted by Crippen LogP contribution is 2.07. The molecule has 3 nitrogen and oxygen atoms in total. The summed E-state index contributed by atoms with van der Waals surface area (Å²) in [6.07, 6.45) is 5.97. The Bertz CT molecular complexity index is 98.9. The molecule has 0 aliphatic rings. The van der Waals surface area contributed by atoms with Crippen LogP contribution < -0.4 is 5.73 Å². The second kappa shape index (κ2) is 9.96. The summed E-state index contributed by atoms with van der Waals surface area (Å²) in [5, 5.41) is 9.21. The molecule has 0 spiro atoms. The van der Waals surface area contributed by atoms with Gasteiger partial charge in [0.25, 0.3) is 0 Å². The van der Waals surface area contributed by atoms with E-state index in [1.165, 1.54) is 19.3 Å². The Morgan fingerprint density at radius 1 is 1.15 bits per heavy atom. The average Bonchev–Trinajstić information content (AvgIpc) is 2.11. The van der Waals surface area contributed by atoms with Crippen molar-refractivity contribution in [2.75, 3.05) is 13.2 Å². The van der Waals surface area contributed by atoms with Crippen LogP contribution in [0.15, 0.2) is 0 Å². The van der Waals surface area contributed by atoms with E-state index in [9.17, 15) is 5.11 Å². The third-order valence-corrected chi connectivity index (χ3v) is 2.01. The Morgan fingerprint density at radius 2 is 1.77 bits per heavy atom. The molecule has 13 heavy (non-hydrogen) atoms. The monoisotopic (exact) mass is 189 g/mol. The Balaban J connectivity index is 2.97. The highest BCUT2D eigenvalue weighted by atomic mass is 16.6. The minimum Gasteiger partial charge on any atom is -0.368 e. The van der Waals surface area contributed by atoms with Gasteiger partial charge >= 0.3 is 0 Å². The molecule has 0 aromatic carbocycles. The lowest BCUT2D eigenvalue weighted by Gasteiger charge is -2.09. The summed E-state index contributed by atoms with van der Waals surface area (Å²) in [7, 11) is 0. The van der Waals surface area contributed by atoms with Crippen LogP contribution in [-0.2, 0) is 4.74 Å². The summed E-state index contributed by atoms with van der Waals surface area (Å²) in [6, 6.07) is 0. The fourth-order valence-corrected chi connectivity index (χ4v) is 1.27. The van der Waals surface area contributed by atoms with Crippen molar-refractivity contribution < 1.29 is 9.84 Å². The molecule has 0 aliphatic carbocycles. The first-order valence-electron chi connectivity index (χ1n) is 5.31. The van der Waals surface area contributed by atoms with Gasteiger partial charge in [-0.3, -0.25) is 0 Å². The molecule has 0 aromatic rings. The zero-order valence-electron chi connectivity index (χ0n) is 8.67. The summed E-state index contributed by atoms with van der Waals surface area (Å²) >= 11 is 0. The molecule has 0 heterocycles. The molecule has 0 aromatic heterocycles. The summed E-state index contributed by atoms with van der Waals surface area (Å²) in [5.41, 5.74) is 5.37. The lowest BCUT2D eigenvalue weighted by atomic mass is 10.1. The number of aliphatic hydroxyl groups excluding tert-OH is 1. The molecule has 0 aliphatic heterocycles. The van der Waals surface area contributed by atoms with Crippen molar-refractivity contribution in [3.63, 3.8) is 0 Å². The highest BCUT2D eigenvalue weighted by molar-refractivity contribution is 4.47. The molecule has 1 unspecified atom stereocenters. The maximum Gasteiger partial charge on any atom is 0.154 e. The van der Waals surface area contributed by atoms with Gasteiger partial charge in [0.05, 0.1) is 0 Å². The third kappa shape index (κ3) is 9.80. The fraction of sp³-hybridized carbons (Fsp3) is 1.00. The van der Waals surface area contributed by atoms with Crippen LogP contribution in [-0.4, -0.2) is 24.5 Å². The van der Waals surface area contributed by atoms with Gasteiger partial charge in [0.2, 0.25) is 0 Å². The second-order valence-corrected chi connectivity index (χ2v) is 3.26. The quantitative estimate of drug-likeness (QED) is 0.428. The highest BCUT2D eigenvalue weighted by Gasteiger charge is 2.01. The Kier molecular flexibility index (Phi) is 9.87. The van der Waals surface area contributed by atoms with E-state index in [1.54, 1.807) is 0 Å². The van der Waals surface area contributed by atoms with Gasteiger partial charge in [-0.2, -0.15) is 0 Å². The smallest absolute Gasteiger partial charge is 0.154 e. The molecule has 1 atom stereocenters. The minimum atomic E-state index is -0.556. The summed E-state index contributed by atoms with van der Waals surface area (Å²) < 4.78 is 5.01. The molecule has 80 valence electrons. The van der Waals surface area contributed by atoms with Crippen LogP contribution in [0.5, 0.6) is 0 Å². The van der Waals surface area contributed by atoms with E-state index in [4.69, 9.17) is 10.5 Å². The molecule has 0 saturated heterocycles. The molecule has 0 bridgehead atoms. The normalized spacial score (nSPS) is 13.2. The Labute approximate surface area is 81.3 Å². The molecular weight excluding hydrogens is 166 g/mol. The summed E-state index contributed by atoms with van der Waals surface area (Å²) in [5.74, 6) is 0. The third-order valence-electron chi connectivity index (χ3n) is 2.01. The number of aliphatic hydroxyl groups is 1. The fourth-order valence-electron chi connectivity index (χ4n) is 1.27. The van der Waals surface area contributed by atoms with Gasteiger partial charge in [-0.05, 0) is 32.7 Å². The first-order valence-corrected chi connectivity index (χ1v) is 5.31. The Hall–Kier alpha value is -0.120. The van der Waals surface area contributed by atoms with E-state index in [1.807, 2.05) is 6.92 Å². The van der Waals surface area contributed by atoms with Crippen molar-refractivity contribution in [3.05, 3.63) is 0 Å². The zero-order valence-corrected chi connectivity index (χ0v) is 8.67. The van der Waals surface area contributed by atoms with Crippen molar-refractivity contribution in [2.24, 2.45) is 5.73 Å². The molecule has 3 N–H and O–H groups in total. The van der Waals surface area contributed by atoms with Crippen molar-refractivity contribution in [1.82, 2.24) is 0 Å². The Morgan fingerprint density at radius 3 is 2.38 bits per heavy atom. The van der Waals surface area contributed by atoms with Gasteiger partial charge in [0.1, 0.15) is 0 Å². The van der Waals surface area contributed by atoms with Crippen LogP contribution in [0.1, 0.15) is 45.4 Å². The number of unbranched alkanes of at least 4 members (excludes halogenated alkanes) is 4. The molecule has 0 amide bonds. The van der Waals surface area contributed by atoms with Crippen LogP contribution in [0.2, 0.25) is 0 Å². The molecule has 0 radical (unpaired) electrons. The van der Waals surface area contributed by atoms with Gasteiger partial charge in [-0.1, -0.05) is 19.3 Å². The molecule has 3 heteroatoms. The lowest BCUT2D eigenvalue weighted by molar-refractivity contribution is -0.0994. The first kappa shape index (κ1) is 12.9. The number of ether oxygens (including phenoxy) is 1. The summed E-state index contributed by atoms with van der Waals surface area (Å²) in [6.45, 7) is 3.28. The van der Waals surface area contributed by atoms with Crippen molar-refractivity contribution in [3.8, 4) is 0 Å². The van der Waals surface area contributed by atoms with E-state index >= 15 is 0 Å². The van der Waals surface area contributed by atoms with Gasteiger partial charge in [0.15, 0.2) is 6.29 Å². The van der Waals surface area contributed by atoms with E-state index in [2.05, 4.69) is 0 Å². The van der Waals surface area contributed by atoms with E-state index in [0.717, 1.165) is 25.8 Å². The lowest BCUT2D eigenvalue weighted by Crippen LogP contribution is -2.11. The molecule has 0 rings (SSSR count).